The zero-order chi connectivity index (χ0) is 13.8. The Balaban J connectivity index is 3.48. The fourth-order valence-corrected chi connectivity index (χ4v) is 1.92. The molecule has 0 bridgehead atoms. The Morgan fingerprint density at radius 3 is 2.50 bits per heavy atom. The quantitative estimate of drug-likeness (QED) is 0.576. The van der Waals surface area contributed by atoms with Crippen molar-refractivity contribution in [1.82, 2.24) is 10.2 Å². The van der Waals surface area contributed by atoms with E-state index in [4.69, 9.17) is 4.74 Å². The van der Waals surface area contributed by atoms with E-state index in [0.29, 0.717) is 25.6 Å². The van der Waals surface area contributed by atoms with Crippen LogP contribution in [0, 0.1) is 0 Å². The lowest BCUT2D eigenvalue weighted by atomic mass is 10.1. The number of nitrogens with zero attached hydrogens (tertiary/aromatic N) is 1. The summed E-state index contributed by atoms with van der Waals surface area (Å²) in [6, 6.07) is 0.468. The normalized spacial score (nSPS) is 12.7. The zero-order valence-corrected chi connectivity index (χ0v) is 12.5. The van der Waals surface area contributed by atoms with Crippen LogP contribution >= 0.6 is 0 Å². The van der Waals surface area contributed by atoms with Crippen molar-refractivity contribution in [1.29, 1.82) is 0 Å². The molecule has 1 N–H and O–H groups in total. The van der Waals surface area contributed by atoms with Crippen LogP contribution in [0.2, 0.25) is 0 Å². The third-order valence-corrected chi connectivity index (χ3v) is 3.13. The van der Waals surface area contributed by atoms with E-state index in [0.717, 1.165) is 26.1 Å². The van der Waals surface area contributed by atoms with E-state index in [1.54, 1.807) is 0 Å². The van der Waals surface area contributed by atoms with Crippen molar-refractivity contribution >= 4 is 5.97 Å². The van der Waals surface area contributed by atoms with Gasteiger partial charge in [0.2, 0.25) is 0 Å². The lowest BCUT2D eigenvalue weighted by Gasteiger charge is -2.19. The van der Waals surface area contributed by atoms with Crippen molar-refractivity contribution in [2.75, 3.05) is 32.8 Å². The molecule has 108 valence electrons. The summed E-state index contributed by atoms with van der Waals surface area (Å²) in [5.41, 5.74) is 0. The Kier molecular flexibility index (Phi) is 11.1. The third kappa shape index (κ3) is 9.42. The van der Waals surface area contributed by atoms with Crippen molar-refractivity contribution in [2.24, 2.45) is 0 Å². The van der Waals surface area contributed by atoms with Gasteiger partial charge in [-0.05, 0) is 46.3 Å². The number of rotatable bonds is 11. The van der Waals surface area contributed by atoms with Crippen molar-refractivity contribution in [3.05, 3.63) is 0 Å². The third-order valence-electron chi connectivity index (χ3n) is 3.13. The molecule has 0 heterocycles. The molecular formula is C14H30N2O2. The Hall–Kier alpha value is -0.610. The standard InChI is InChI=1S/C14H30N2O2/c1-5-16(6-2)12-8-9-13(4)15-11-10-14(17)18-7-3/h13,15H,5-12H2,1-4H3/t13-/m0/s1. The van der Waals surface area contributed by atoms with Crippen molar-refractivity contribution in [3.63, 3.8) is 0 Å². The summed E-state index contributed by atoms with van der Waals surface area (Å²) in [6.45, 7) is 13.0. The highest BCUT2D eigenvalue weighted by molar-refractivity contribution is 5.69. The first-order valence-corrected chi connectivity index (χ1v) is 7.25. The molecule has 18 heavy (non-hydrogen) atoms. The highest BCUT2D eigenvalue weighted by Crippen LogP contribution is 1.99. The Morgan fingerprint density at radius 1 is 1.28 bits per heavy atom. The van der Waals surface area contributed by atoms with Gasteiger partial charge in [0.25, 0.3) is 0 Å². The van der Waals surface area contributed by atoms with Crippen LogP contribution in [-0.2, 0) is 9.53 Å². The number of hydrogen-bond donors (Lipinski definition) is 1. The predicted molar refractivity (Wildman–Crippen MR) is 75.7 cm³/mol. The average molecular weight is 258 g/mol. The number of carbonyl (C=O) groups is 1. The molecule has 4 heteroatoms. The molecule has 0 aromatic rings. The smallest absolute Gasteiger partial charge is 0.307 e. The summed E-state index contributed by atoms with van der Waals surface area (Å²) in [5, 5.41) is 3.36. The molecule has 0 radical (unpaired) electrons. The van der Waals surface area contributed by atoms with Crippen LogP contribution in [0.4, 0.5) is 0 Å². The van der Waals surface area contributed by atoms with Crippen LogP contribution in [0.3, 0.4) is 0 Å². The second-order valence-electron chi connectivity index (χ2n) is 4.58. The molecule has 0 aromatic heterocycles. The number of carbonyl (C=O) groups excluding carboxylic acids is 1. The molecule has 0 aliphatic carbocycles. The summed E-state index contributed by atoms with van der Waals surface area (Å²) < 4.78 is 4.88. The van der Waals surface area contributed by atoms with Gasteiger partial charge in [-0.25, -0.2) is 0 Å². The molecule has 0 spiro atoms. The summed E-state index contributed by atoms with van der Waals surface area (Å²) in [6.07, 6.45) is 2.82. The van der Waals surface area contributed by atoms with Crippen LogP contribution in [0.5, 0.6) is 0 Å². The van der Waals surface area contributed by atoms with Gasteiger partial charge >= 0.3 is 5.97 Å². The monoisotopic (exact) mass is 258 g/mol. The summed E-state index contributed by atoms with van der Waals surface area (Å²) in [7, 11) is 0. The van der Waals surface area contributed by atoms with Crippen molar-refractivity contribution in [3.8, 4) is 0 Å². The fraction of sp³-hybridized carbons (Fsp3) is 0.929. The van der Waals surface area contributed by atoms with Crippen molar-refractivity contribution in [2.45, 2.75) is 53.0 Å². The maximum atomic E-state index is 11.1. The van der Waals surface area contributed by atoms with E-state index in [1.807, 2.05) is 6.92 Å². The molecule has 0 aliphatic heterocycles. The summed E-state index contributed by atoms with van der Waals surface area (Å²) in [4.78, 5) is 13.6. The molecule has 0 saturated carbocycles. The highest BCUT2D eigenvalue weighted by Gasteiger charge is 2.05. The average Bonchev–Trinajstić information content (AvgIpc) is 2.35. The Labute approximate surface area is 112 Å². The first kappa shape index (κ1) is 17.4. The Morgan fingerprint density at radius 2 is 1.94 bits per heavy atom. The van der Waals surface area contributed by atoms with E-state index in [-0.39, 0.29) is 5.97 Å². The minimum absolute atomic E-state index is 0.111. The predicted octanol–water partition coefficient (Wildman–Crippen LogP) is 2.04. The minimum Gasteiger partial charge on any atom is -0.466 e. The SMILES string of the molecule is CCOC(=O)CCN[C@@H](C)CCCN(CC)CC. The molecular weight excluding hydrogens is 228 g/mol. The first-order chi connectivity index (χ1) is 8.63. The second-order valence-corrected chi connectivity index (χ2v) is 4.58. The van der Waals surface area contributed by atoms with Gasteiger partial charge in [0, 0.05) is 12.6 Å². The molecule has 0 aliphatic rings. The number of hydrogen-bond acceptors (Lipinski definition) is 4. The second kappa shape index (κ2) is 11.5. The summed E-state index contributed by atoms with van der Waals surface area (Å²) >= 11 is 0. The van der Waals surface area contributed by atoms with Gasteiger partial charge in [-0.3, -0.25) is 4.79 Å². The van der Waals surface area contributed by atoms with Gasteiger partial charge in [-0.1, -0.05) is 13.8 Å². The largest absolute Gasteiger partial charge is 0.466 e. The van der Waals surface area contributed by atoms with Gasteiger partial charge in [0.1, 0.15) is 0 Å². The van der Waals surface area contributed by atoms with Crippen LogP contribution in [-0.4, -0.2) is 49.7 Å². The van der Waals surface area contributed by atoms with Gasteiger partial charge in [-0.15, -0.1) is 0 Å². The molecule has 0 fully saturated rings. The van der Waals surface area contributed by atoms with Crippen LogP contribution < -0.4 is 5.32 Å². The van der Waals surface area contributed by atoms with Crippen LogP contribution in [0.1, 0.15) is 47.0 Å². The topological polar surface area (TPSA) is 41.6 Å². The first-order valence-electron chi connectivity index (χ1n) is 7.25. The molecule has 4 nitrogen and oxygen atoms in total. The number of esters is 1. The van der Waals surface area contributed by atoms with Gasteiger partial charge in [0.15, 0.2) is 0 Å². The minimum atomic E-state index is -0.111. The van der Waals surface area contributed by atoms with E-state index in [2.05, 4.69) is 31.0 Å². The molecule has 1 atom stereocenters. The number of ether oxygens (including phenoxy) is 1. The molecule has 0 unspecified atom stereocenters. The van der Waals surface area contributed by atoms with Gasteiger partial charge in [-0.2, -0.15) is 0 Å². The maximum absolute atomic E-state index is 11.1. The molecule has 0 rings (SSSR count). The van der Waals surface area contributed by atoms with E-state index in [9.17, 15) is 4.79 Å². The van der Waals surface area contributed by atoms with E-state index < -0.39 is 0 Å². The van der Waals surface area contributed by atoms with E-state index >= 15 is 0 Å². The lowest BCUT2D eigenvalue weighted by Crippen LogP contribution is -2.30. The Bertz CT molecular complexity index is 206. The zero-order valence-electron chi connectivity index (χ0n) is 12.5. The highest BCUT2D eigenvalue weighted by atomic mass is 16.5. The molecule has 0 amide bonds. The fourth-order valence-electron chi connectivity index (χ4n) is 1.92. The molecule has 0 saturated heterocycles. The number of nitrogens with one attached hydrogen (secondary N) is 1. The summed E-state index contributed by atoms with van der Waals surface area (Å²) in [5.74, 6) is -0.111. The van der Waals surface area contributed by atoms with Crippen LogP contribution in [0.15, 0.2) is 0 Å². The maximum Gasteiger partial charge on any atom is 0.307 e. The van der Waals surface area contributed by atoms with Crippen LogP contribution in [0.25, 0.3) is 0 Å². The molecule has 0 aromatic carbocycles. The van der Waals surface area contributed by atoms with E-state index in [1.165, 1.54) is 6.42 Å². The van der Waals surface area contributed by atoms with Gasteiger partial charge < -0.3 is 15.0 Å². The van der Waals surface area contributed by atoms with Gasteiger partial charge in [0.05, 0.1) is 13.0 Å². The van der Waals surface area contributed by atoms with Crippen molar-refractivity contribution < 1.29 is 9.53 Å². The lowest BCUT2D eigenvalue weighted by molar-refractivity contribution is -0.142.